The fourth-order valence-corrected chi connectivity index (χ4v) is 2.42. The minimum absolute atomic E-state index is 0.245. The summed E-state index contributed by atoms with van der Waals surface area (Å²) in [4.78, 5) is 27.5. The normalized spacial score (nSPS) is 18.2. The number of carbonyl (C=O) groups excluding carboxylic acids is 2. The SMILES string of the molecule is NCC#Cc1cc2c(C3CCC(=O)NC3=O)nccc2o1. The predicted molar refractivity (Wildman–Crippen MR) is 75.1 cm³/mol. The Morgan fingerprint density at radius 1 is 1.48 bits per heavy atom. The van der Waals surface area contributed by atoms with Gasteiger partial charge in [0.25, 0.3) is 0 Å². The van der Waals surface area contributed by atoms with E-state index in [1.807, 2.05) is 0 Å². The van der Waals surface area contributed by atoms with E-state index in [0.717, 1.165) is 5.39 Å². The molecule has 2 aromatic heterocycles. The molecular formula is C15H13N3O3. The van der Waals surface area contributed by atoms with Gasteiger partial charge in [0.1, 0.15) is 5.58 Å². The van der Waals surface area contributed by atoms with Crippen molar-refractivity contribution in [2.75, 3.05) is 6.54 Å². The molecule has 3 N–H and O–H groups in total. The van der Waals surface area contributed by atoms with Crippen molar-refractivity contribution in [2.45, 2.75) is 18.8 Å². The van der Waals surface area contributed by atoms with Crippen molar-refractivity contribution in [3.8, 4) is 11.8 Å². The molecule has 106 valence electrons. The minimum atomic E-state index is -0.445. The highest BCUT2D eigenvalue weighted by atomic mass is 16.3. The standard InChI is InChI=1S/C15H13N3O3/c16-6-1-2-9-8-11-12(21-9)5-7-17-14(11)10-3-4-13(19)18-15(10)20/h5,7-8,10H,3-4,6,16H2,(H,18,19,20). The van der Waals surface area contributed by atoms with Crippen LogP contribution in [-0.4, -0.2) is 23.3 Å². The number of hydrogen-bond acceptors (Lipinski definition) is 5. The first-order valence-corrected chi connectivity index (χ1v) is 6.60. The van der Waals surface area contributed by atoms with Crippen LogP contribution >= 0.6 is 0 Å². The Morgan fingerprint density at radius 3 is 3.10 bits per heavy atom. The van der Waals surface area contributed by atoms with E-state index in [0.29, 0.717) is 29.9 Å². The molecule has 1 fully saturated rings. The van der Waals surface area contributed by atoms with Crippen LogP contribution in [0.3, 0.4) is 0 Å². The van der Waals surface area contributed by atoms with E-state index in [1.165, 1.54) is 0 Å². The van der Waals surface area contributed by atoms with Gasteiger partial charge in [0.15, 0.2) is 5.76 Å². The number of nitrogens with two attached hydrogens (primary N) is 1. The number of fused-ring (bicyclic) bond motifs is 1. The Labute approximate surface area is 120 Å². The van der Waals surface area contributed by atoms with Gasteiger partial charge in [-0.2, -0.15) is 0 Å². The molecule has 0 bridgehead atoms. The molecule has 2 amide bonds. The van der Waals surface area contributed by atoms with E-state index >= 15 is 0 Å². The lowest BCUT2D eigenvalue weighted by atomic mass is 9.92. The third-order valence-corrected chi connectivity index (χ3v) is 3.36. The average molecular weight is 283 g/mol. The highest BCUT2D eigenvalue weighted by Gasteiger charge is 2.30. The summed E-state index contributed by atoms with van der Waals surface area (Å²) in [6, 6.07) is 3.47. The number of aromatic nitrogens is 1. The summed E-state index contributed by atoms with van der Waals surface area (Å²) in [5.41, 5.74) is 6.57. The number of furan rings is 1. The Kier molecular flexibility index (Phi) is 3.42. The number of piperidine rings is 1. The van der Waals surface area contributed by atoms with Gasteiger partial charge in [-0.05, 0) is 18.4 Å². The third-order valence-electron chi connectivity index (χ3n) is 3.36. The number of amides is 2. The average Bonchev–Trinajstić information content (AvgIpc) is 2.88. The van der Waals surface area contributed by atoms with Gasteiger partial charge >= 0.3 is 0 Å². The summed E-state index contributed by atoms with van der Waals surface area (Å²) < 4.78 is 5.59. The molecular weight excluding hydrogens is 270 g/mol. The number of pyridine rings is 1. The van der Waals surface area contributed by atoms with Crippen LogP contribution in [0.2, 0.25) is 0 Å². The number of rotatable bonds is 1. The molecule has 0 aliphatic carbocycles. The fourth-order valence-electron chi connectivity index (χ4n) is 2.42. The van der Waals surface area contributed by atoms with Crippen molar-refractivity contribution in [2.24, 2.45) is 5.73 Å². The Morgan fingerprint density at radius 2 is 2.33 bits per heavy atom. The van der Waals surface area contributed by atoms with Crippen molar-refractivity contribution >= 4 is 22.8 Å². The van der Waals surface area contributed by atoms with Crippen LogP contribution in [0.15, 0.2) is 22.7 Å². The third kappa shape index (κ3) is 2.51. The van der Waals surface area contributed by atoms with Gasteiger partial charge in [-0.25, -0.2) is 0 Å². The summed E-state index contributed by atoms with van der Waals surface area (Å²) in [5, 5.41) is 3.08. The molecule has 1 atom stereocenters. The predicted octanol–water partition coefficient (Wildman–Crippen LogP) is 0.658. The molecule has 0 radical (unpaired) electrons. The molecule has 0 spiro atoms. The van der Waals surface area contributed by atoms with E-state index < -0.39 is 5.92 Å². The molecule has 0 aromatic carbocycles. The first kappa shape index (κ1) is 13.3. The number of nitrogens with one attached hydrogen (secondary N) is 1. The molecule has 2 aromatic rings. The Bertz CT molecular complexity index is 782. The second kappa shape index (κ2) is 5.38. The molecule has 0 saturated carbocycles. The zero-order valence-corrected chi connectivity index (χ0v) is 11.2. The zero-order chi connectivity index (χ0) is 14.8. The Balaban J connectivity index is 2.04. The van der Waals surface area contributed by atoms with E-state index in [9.17, 15) is 9.59 Å². The molecule has 6 heteroatoms. The lowest BCUT2D eigenvalue weighted by Crippen LogP contribution is -2.39. The van der Waals surface area contributed by atoms with Crippen molar-refractivity contribution in [1.29, 1.82) is 0 Å². The van der Waals surface area contributed by atoms with Crippen molar-refractivity contribution in [3.05, 3.63) is 29.8 Å². The van der Waals surface area contributed by atoms with Crippen LogP contribution < -0.4 is 11.1 Å². The first-order valence-electron chi connectivity index (χ1n) is 6.60. The first-order chi connectivity index (χ1) is 10.2. The summed E-state index contributed by atoms with van der Waals surface area (Å²) in [6.07, 6.45) is 2.35. The van der Waals surface area contributed by atoms with Crippen LogP contribution in [0.4, 0.5) is 0 Å². The van der Waals surface area contributed by atoms with Gasteiger partial charge in [0.2, 0.25) is 11.8 Å². The lowest BCUT2D eigenvalue weighted by Gasteiger charge is -2.20. The number of nitrogens with zero attached hydrogens (tertiary/aromatic N) is 1. The molecule has 3 rings (SSSR count). The van der Waals surface area contributed by atoms with Crippen LogP contribution in [0.1, 0.15) is 30.2 Å². The van der Waals surface area contributed by atoms with Crippen LogP contribution in [-0.2, 0) is 9.59 Å². The maximum absolute atomic E-state index is 12.0. The van der Waals surface area contributed by atoms with Crippen LogP contribution in [0.25, 0.3) is 11.0 Å². The number of hydrogen-bond donors (Lipinski definition) is 2. The summed E-state index contributed by atoms with van der Waals surface area (Å²) in [5.74, 6) is 5.01. The maximum atomic E-state index is 12.0. The summed E-state index contributed by atoms with van der Waals surface area (Å²) in [7, 11) is 0. The topological polar surface area (TPSA) is 98.2 Å². The van der Waals surface area contributed by atoms with Crippen LogP contribution in [0.5, 0.6) is 0 Å². The monoisotopic (exact) mass is 283 g/mol. The van der Waals surface area contributed by atoms with Gasteiger partial charge in [0.05, 0.1) is 18.2 Å². The summed E-state index contributed by atoms with van der Waals surface area (Å²) >= 11 is 0. The van der Waals surface area contributed by atoms with E-state index in [4.69, 9.17) is 10.2 Å². The quantitative estimate of drug-likeness (QED) is 0.591. The second-order valence-corrected chi connectivity index (χ2v) is 4.73. The van der Waals surface area contributed by atoms with Gasteiger partial charge in [0, 0.05) is 24.1 Å². The molecule has 1 aliphatic rings. The van der Waals surface area contributed by atoms with Gasteiger partial charge < -0.3 is 10.2 Å². The zero-order valence-electron chi connectivity index (χ0n) is 11.2. The largest absolute Gasteiger partial charge is 0.448 e. The second-order valence-electron chi connectivity index (χ2n) is 4.73. The molecule has 1 unspecified atom stereocenters. The number of carbonyl (C=O) groups is 2. The molecule has 3 heterocycles. The molecule has 21 heavy (non-hydrogen) atoms. The minimum Gasteiger partial charge on any atom is -0.448 e. The van der Waals surface area contributed by atoms with Gasteiger partial charge in [-0.15, -0.1) is 0 Å². The fraction of sp³-hybridized carbons (Fsp3) is 0.267. The van der Waals surface area contributed by atoms with Gasteiger partial charge in [-0.3, -0.25) is 19.9 Å². The molecule has 1 saturated heterocycles. The molecule has 6 nitrogen and oxygen atoms in total. The lowest BCUT2D eigenvalue weighted by molar-refractivity contribution is -0.134. The van der Waals surface area contributed by atoms with Crippen molar-refractivity contribution in [3.63, 3.8) is 0 Å². The Hall–Kier alpha value is -2.65. The highest BCUT2D eigenvalue weighted by Crippen LogP contribution is 2.30. The maximum Gasteiger partial charge on any atom is 0.235 e. The van der Waals surface area contributed by atoms with E-state index in [2.05, 4.69) is 22.1 Å². The highest BCUT2D eigenvalue weighted by molar-refractivity contribution is 6.02. The van der Waals surface area contributed by atoms with Gasteiger partial charge in [-0.1, -0.05) is 5.92 Å². The van der Waals surface area contributed by atoms with Crippen LogP contribution in [0, 0.1) is 11.8 Å². The summed E-state index contributed by atoms with van der Waals surface area (Å²) in [6.45, 7) is 0.245. The smallest absolute Gasteiger partial charge is 0.235 e. The van der Waals surface area contributed by atoms with Crippen molar-refractivity contribution < 1.29 is 14.0 Å². The van der Waals surface area contributed by atoms with Crippen molar-refractivity contribution in [1.82, 2.24) is 10.3 Å². The van der Waals surface area contributed by atoms with E-state index in [-0.39, 0.29) is 18.4 Å². The number of imide groups is 1. The van der Waals surface area contributed by atoms with E-state index in [1.54, 1.807) is 18.3 Å². The molecule has 1 aliphatic heterocycles.